The van der Waals surface area contributed by atoms with Crippen molar-refractivity contribution in [2.45, 2.75) is 65.5 Å². The fourth-order valence-corrected chi connectivity index (χ4v) is 5.06. The molecule has 3 aliphatic rings. The van der Waals surface area contributed by atoms with Crippen molar-refractivity contribution in [2.75, 3.05) is 32.7 Å². The van der Waals surface area contributed by atoms with Gasteiger partial charge in [0.1, 0.15) is 5.60 Å². The van der Waals surface area contributed by atoms with E-state index in [1.807, 2.05) is 20.8 Å². The van der Waals surface area contributed by atoms with E-state index in [-0.39, 0.29) is 18.1 Å². The minimum atomic E-state index is -0.482. The number of likely N-dealkylation sites (tertiary alicyclic amines) is 2. The minimum absolute atomic E-state index is 0.128. The van der Waals surface area contributed by atoms with Gasteiger partial charge >= 0.3 is 6.09 Å². The highest BCUT2D eigenvalue weighted by molar-refractivity contribution is 5.80. The van der Waals surface area contributed by atoms with Crippen LogP contribution < -0.4 is 5.32 Å². The topological polar surface area (TPSA) is 61.9 Å². The predicted molar refractivity (Wildman–Crippen MR) is 105 cm³/mol. The van der Waals surface area contributed by atoms with E-state index in [0.717, 1.165) is 52.0 Å². The molecule has 154 valence electrons. The molecule has 2 heterocycles. The Bertz CT molecular complexity index is 557. The molecule has 1 aliphatic carbocycles. The molecule has 2 saturated heterocycles. The molecule has 0 aromatic carbocycles. The van der Waals surface area contributed by atoms with Crippen molar-refractivity contribution in [1.82, 2.24) is 15.1 Å². The second kappa shape index (κ2) is 7.98. The van der Waals surface area contributed by atoms with Crippen LogP contribution in [0.4, 0.5) is 4.79 Å². The van der Waals surface area contributed by atoms with E-state index in [0.29, 0.717) is 23.7 Å². The summed E-state index contributed by atoms with van der Waals surface area (Å²) in [6, 6.07) is 0.128. The second-order valence-corrected chi connectivity index (χ2v) is 10.1. The number of nitrogens with zero attached hydrogens (tertiary/aromatic N) is 2. The molecular weight excluding hydrogens is 342 g/mol. The van der Waals surface area contributed by atoms with Gasteiger partial charge in [-0.15, -0.1) is 0 Å². The third-order valence-corrected chi connectivity index (χ3v) is 6.12. The standard InChI is InChI=1S/C21H37N3O3/c1-14(2)10-23-9-8-16(11-23)19(25)24-12-15-6-7-18(17(15)13-24)22-20(26)27-21(3,4)5/h14-18H,6-13H2,1-5H3,(H,22,26)/t15-,16-,17+,18+/m0/s1. The summed E-state index contributed by atoms with van der Waals surface area (Å²) in [7, 11) is 0. The lowest BCUT2D eigenvalue weighted by Gasteiger charge is -2.26. The number of carbonyl (C=O) groups excluding carboxylic acids is 2. The SMILES string of the molecule is CC(C)CN1CC[C@H](C(=O)N2C[C@@H]3CC[C@@H](NC(=O)OC(C)(C)C)[C@@H]3C2)C1. The summed E-state index contributed by atoms with van der Waals surface area (Å²) in [6.45, 7) is 14.8. The molecule has 0 radical (unpaired) electrons. The van der Waals surface area contributed by atoms with E-state index in [2.05, 4.69) is 29.0 Å². The molecule has 0 bridgehead atoms. The Hall–Kier alpha value is -1.30. The van der Waals surface area contributed by atoms with Crippen LogP contribution in [-0.2, 0) is 9.53 Å². The summed E-state index contributed by atoms with van der Waals surface area (Å²) in [6.07, 6.45) is 2.72. The van der Waals surface area contributed by atoms with Crippen LogP contribution >= 0.6 is 0 Å². The Morgan fingerprint density at radius 1 is 1.11 bits per heavy atom. The zero-order valence-electron chi connectivity index (χ0n) is 17.7. The van der Waals surface area contributed by atoms with Crippen molar-refractivity contribution in [3.8, 4) is 0 Å². The van der Waals surface area contributed by atoms with Crippen LogP contribution in [0.2, 0.25) is 0 Å². The molecule has 0 spiro atoms. The Labute approximate surface area is 164 Å². The van der Waals surface area contributed by atoms with Crippen molar-refractivity contribution < 1.29 is 14.3 Å². The average molecular weight is 380 g/mol. The normalized spacial score (nSPS) is 31.4. The summed E-state index contributed by atoms with van der Waals surface area (Å²) in [5.74, 6) is 2.01. The number of hydrogen-bond acceptors (Lipinski definition) is 4. The molecule has 4 atom stereocenters. The van der Waals surface area contributed by atoms with E-state index >= 15 is 0 Å². The van der Waals surface area contributed by atoms with Gasteiger partial charge in [0.25, 0.3) is 0 Å². The predicted octanol–water partition coefficient (Wildman–Crippen LogP) is 2.73. The zero-order valence-corrected chi connectivity index (χ0v) is 17.7. The lowest BCUT2D eigenvalue weighted by molar-refractivity contribution is -0.134. The van der Waals surface area contributed by atoms with Crippen LogP contribution in [0.1, 0.15) is 53.9 Å². The lowest BCUT2D eigenvalue weighted by Crippen LogP contribution is -2.43. The van der Waals surface area contributed by atoms with Crippen LogP contribution in [0.25, 0.3) is 0 Å². The molecule has 1 N–H and O–H groups in total. The van der Waals surface area contributed by atoms with Gasteiger partial charge in [0.15, 0.2) is 0 Å². The third kappa shape index (κ3) is 5.15. The van der Waals surface area contributed by atoms with Crippen LogP contribution in [0.5, 0.6) is 0 Å². The number of alkyl carbamates (subject to hydrolysis) is 1. The van der Waals surface area contributed by atoms with Gasteiger partial charge in [-0.1, -0.05) is 13.8 Å². The van der Waals surface area contributed by atoms with Crippen molar-refractivity contribution in [3.05, 3.63) is 0 Å². The first-order valence-electron chi connectivity index (χ1n) is 10.6. The second-order valence-electron chi connectivity index (χ2n) is 10.1. The maximum atomic E-state index is 13.0. The number of ether oxygens (including phenoxy) is 1. The van der Waals surface area contributed by atoms with E-state index in [4.69, 9.17) is 4.74 Å². The highest BCUT2D eigenvalue weighted by Gasteiger charge is 2.46. The fourth-order valence-electron chi connectivity index (χ4n) is 5.06. The summed E-state index contributed by atoms with van der Waals surface area (Å²) in [5.41, 5.74) is -0.482. The van der Waals surface area contributed by atoms with Gasteiger partial charge in [0, 0.05) is 38.1 Å². The average Bonchev–Trinajstić information content (AvgIpc) is 3.21. The molecule has 3 rings (SSSR count). The molecule has 27 heavy (non-hydrogen) atoms. The summed E-state index contributed by atoms with van der Waals surface area (Å²) >= 11 is 0. The van der Waals surface area contributed by atoms with Gasteiger partial charge in [0.05, 0.1) is 5.92 Å². The van der Waals surface area contributed by atoms with Gasteiger partial charge in [-0.05, 0) is 58.4 Å². The van der Waals surface area contributed by atoms with Crippen molar-refractivity contribution in [1.29, 1.82) is 0 Å². The van der Waals surface area contributed by atoms with E-state index in [1.165, 1.54) is 0 Å². The smallest absolute Gasteiger partial charge is 0.407 e. The number of nitrogens with one attached hydrogen (secondary N) is 1. The first-order chi connectivity index (χ1) is 12.6. The molecule has 2 aliphatic heterocycles. The molecule has 0 aromatic rings. The summed E-state index contributed by atoms with van der Waals surface area (Å²) in [4.78, 5) is 29.6. The summed E-state index contributed by atoms with van der Waals surface area (Å²) < 4.78 is 5.41. The lowest BCUT2D eigenvalue weighted by atomic mass is 9.98. The number of rotatable bonds is 4. The van der Waals surface area contributed by atoms with Crippen molar-refractivity contribution in [3.63, 3.8) is 0 Å². The minimum Gasteiger partial charge on any atom is -0.444 e. The Morgan fingerprint density at radius 3 is 2.52 bits per heavy atom. The molecule has 1 saturated carbocycles. The Morgan fingerprint density at radius 2 is 1.85 bits per heavy atom. The zero-order chi connectivity index (χ0) is 19.8. The first kappa shape index (κ1) is 20.4. The maximum absolute atomic E-state index is 13.0. The van der Waals surface area contributed by atoms with Gasteiger partial charge in [0.2, 0.25) is 5.91 Å². The number of hydrogen-bond donors (Lipinski definition) is 1. The fraction of sp³-hybridized carbons (Fsp3) is 0.905. The van der Waals surface area contributed by atoms with Gasteiger partial charge in [-0.2, -0.15) is 0 Å². The van der Waals surface area contributed by atoms with Crippen LogP contribution in [0.3, 0.4) is 0 Å². The molecule has 0 aromatic heterocycles. The molecule has 6 nitrogen and oxygen atoms in total. The molecular formula is C21H37N3O3. The van der Waals surface area contributed by atoms with E-state index in [1.54, 1.807) is 0 Å². The highest BCUT2D eigenvalue weighted by Crippen LogP contribution is 2.39. The molecule has 3 fully saturated rings. The molecule has 6 heteroatoms. The first-order valence-corrected chi connectivity index (χ1v) is 10.6. The molecule has 0 unspecified atom stereocenters. The van der Waals surface area contributed by atoms with Gasteiger partial charge < -0.3 is 19.9 Å². The number of amides is 2. The maximum Gasteiger partial charge on any atom is 0.407 e. The number of carbonyl (C=O) groups is 2. The van der Waals surface area contributed by atoms with Gasteiger partial charge in [-0.3, -0.25) is 4.79 Å². The largest absolute Gasteiger partial charge is 0.444 e. The highest BCUT2D eigenvalue weighted by atomic mass is 16.6. The van der Waals surface area contributed by atoms with E-state index < -0.39 is 5.60 Å². The quantitative estimate of drug-likeness (QED) is 0.816. The number of fused-ring (bicyclic) bond motifs is 1. The van der Waals surface area contributed by atoms with Crippen molar-refractivity contribution >= 4 is 12.0 Å². The van der Waals surface area contributed by atoms with Crippen molar-refractivity contribution in [2.24, 2.45) is 23.7 Å². The van der Waals surface area contributed by atoms with Gasteiger partial charge in [-0.25, -0.2) is 4.79 Å². The van der Waals surface area contributed by atoms with E-state index in [9.17, 15) is 9.59 Å². The Balaban J connectivity index is 1.51. The van der Waals surface area contributed by atoms with Crippen LogP contribution in [0.15, 0.2) is 0 Å². The summed E-state index contributed by atoms with van der Waals surface area (Å²) in [5, 5.41) is 3.06. The third-order valence-electron chi connectivity index (χ3n) is 6.12. The van der Waals surface area contributed by atoms with Crippen LogP contribution in [-0.4, -0.2) is 66.2 Å². The molecule has 2 amide bonds. The Kier molecular flexibility index (Phi) is 6.04. The monoisotopic (exact) mass is 379 g/mol. The van der Waals surface area contributed by atoms with Crippen LogP contribution in [0, 0.1) is 23.7 Å².